The van der Waals surface area contributed by atoms with Crippen molar-refractivity contribution in [3.8, 4) is 0 Å². The van der Waals surface area contributed by atoms with Gasteiger partial charge >= 0.3 is 0 Å². The molecule has 1 atom stereocenters. The number of allylic oxidation sites excluding steroid dienone is 2. The largest absolute Gasteiger partial charge is 0.375 e. The fourth-order valence-corrected chi connectivity index (χ4v) is 1.50. The average molecular weight is 172 g/mol. The maximum absolute atomic E-state index is 11.8. The summed E-state index contributed by atoms with van der Waals surface area (Å²) in [5.74, 6) is 0. The van der Waals surface area contributed by atoms with Crippen molar-refractivity contribution < 1.29 is 9.13 Å². The first kappa shape index (κ1) is 9.72. The average Bonchev–Trinajstić information content (AvgIpc) is 2.02. The van der Waals surface area contributed by atoms with Crippen LogP contribution in [0, 0.1) is 0 Å². The Balaban J connectivity index is 2.18. The zero-order valence-corrected chi connectivity index (χ0v) is 7.47. The summed E-state index contributed by atoms with van der Waals surface area (Å²) in [6.07, 6.45) is 10.3. The van der Waals surface area contributed by atoms with Gasteiger partial charge in [-0.3, -0.25) is 0 Å². The highest BCUT2D eigenvalue weighted by atomic mass is 19.1. The van der Waals surface area contributed by atoms with Crippen molar-refractivity contribution >= 4 is 0 Å². The van der Waals surface area contributed by atoms with E-state index in [0.717, 1.165) is 25.7 Å². The predicted octanol–water partition coefficient (Wildman–Crippen LogP) is 2.86. The minimum absolute atomic E-state index is 0.272. The molecule has 0 aromatic heterocycles. The van der Waals surface area contributed by atoms with Gasteiger partial charge in [-0.15, -0.1) is 0 Å². The van der Waals surface area contributed by atoms with E-state index in [1.54, 1.807) is 0 Å². The first-order valence-corrected chi connectivity index (χ1v) is 4.76. The van der Waals surface area contributed by atoms with Gasteiger partial charge < -0.3 is 4.74 Å². The van der Waals surface area contributed by atoms with Crippen LogP contribution in [0.5, 0.6) is 0 Å². The second kappa shape index (κ2) is 6.18. The molecule has 0 bridgehead atoms. The summed E-state index contributed by atoms with van der Waals surface area (Å²) in [5.41, 5.74) is 0. The van der Waals surface area contributed by atoms with E-state index in [-0.39, 0.29) is 13.3 Å². The van der Waals surface area contributed by atoms with Crippen LogP contribution >= 0.6 is 0 Å². The number of hydrogen-bond acceptors (Lipinski definition) is 1. The van der Waals surface area contributed by atoms with Gasteiger partial charge in [-0.1, -0.05) is 12.2 Å². The number of ether oxygens (including phenoxy) is 1. The summed E-state index contributed by atoms with van der Waals surface area (Å²) in [5, 5.41) is 0. The molecule has 0 aromatic rings. The third-order valence-corrected chi connectivity index (χ3v) is 2.15. The first-order chi connectivity index (χ1) is 5.93. The van der Waals surface area contributed by atoms with Gasteiger partial charge in [-0.25, -0.2) is 4.39 Å². The van der Waals surface area contributed by atoms with Crippen LogP contribution in [0.3, 0.4) is 0 Å². The van der Waals surface area contributed by atoms with E-state index in [9.17, 15) is 4.39 Å². The Bertz CT molecular complexity index is 134. The zero-order chi connectivity index (χ0) is 8.65. The zero-order valence-electron chi connectivity index (χ0n) is 7.47. The summed E-state index contributed by atoms with van der Waals surface area (Å²) in [7, 11) is 0. The minimum atomic E-state index is -0.355. The third kappa shape index (κ3) is 3.86. The smallest absolute Gasteiger partial charge is 0.113 e. The van der Waals surface area contributed by atoms with Crippen LogP contribution in [-0.2, 0) is 4.74 Å². The third-order valence-electron chi connectivity index (χ3n) is 2.15. The molecule has 1 rings (SSSR count). The molecule has 1 aliphatic rings. The summed E-state index contributed by atoms with van der Waals surface area (Å²) in [6.45, 7) is -0.0826. The summed E-state index contributed by atoms with van der Waals surface area (Å²) in [6, 6.07) is 0. The van der Waals surface area contributed by atoms with E-state index in [1.165, 1.54) is 6.42 Å². The summed E-state index contributed by atoms with van der Waals surface area (Å²) >= 11 is 0. The molecule has 2 heteroatoms. The van der Waals surface area contributed by atoms with Crippen LogP contribution in [0.2, 0.25) is 0 Å². The van der Waals surface area contributed by atoms with Gasteiger partial charge in [0.2, 0.25) is 0 Å². The van der Waals surface area contributed by atoms with Gasteiger partial charge in [0, 0.05) is 0 Å². The van der Waals surface area contributed by atoms with Crippen molar-refractivity contribution in [1.82, 2.24) is 0 Å². The van der Waals surface area contributed by atoms with Gasteiger partial charge in [0.1, 0.15) is 6.67 Å². The fraction of sp³-hybridized carbons (Fsp3) is 0.800. The molecular formula is C10H17FO. The van der Waals surface area contributed by atoms with Crippen molar-refractivity contribution in [3.05, 3.63) is 12.2 Å². The van der Waals surface area contributed by atoms with E-state index in [0.29, 0.717) is 6.10 Å². The Labute approximate surface area is 73.6 Å². The standard InChI is InChI=1S/C10H17FO/c11-8-9-12-10-6-4-2-1-3-5-7-10/h1-2,10H,3-9H2/b2-1+/t10-/m1/s1. The van der Waals surface area contributed by atoms with Crippen molar-refractivity contribution in [2.75, 3.05) is 13.3 Å². The normalized spacial score (nSPS) is 27.6. The van der Waals surface area contributed by atoms with Crippen molar-refractivity contribution in [2.24, 2.45) is 0 Å². The number of alkyl halides is 1. The Hall–Kier alpha value is -0.370. The van der Waals surface area contributed by atoms with E-state index in [2.05, 4.69) is 12.2 Å². The van der Waals surface area contributed by atoms with Crippen LogP contribution in [0.15, 0.2) is 12.2 Å². The number of hydrogen-bond donors (Lipinski definition) is 0. The summed E-state index contributed by atoms with van der Waals surface area (Å²) < 4.78 is 17.1. The van der Waals surface area contributed by atoms with Crippen LogP contribution in [0.4, 0.5) is 4.39 Å². The monoisotopic (exact) mass is 172 g/mol. The molecule has 0 saturated carbocycles. The molecular weight excluding hydrogens is 155 g/mol. The van der Waals surface area contributed by atoms with Crippen molar-refractivity contribution in [1.29, 1.82) is 0 Å². The number of rotatable bonds is 3. The molecule has 0 spiro atoms. The Morgan fingerprint density at radius 2 is 2.08 bits per heavy atom. The topological polar surface area (TPSA) is 9.23 Å². The van der Waals surface area contributed by atoms with Gasteiger partial charge in [-0.05, 0) is 32.1 Å². The summed E-state index contributed by atoms with van der Waals surface area (Å²) in [4.78, 5) is 0. The fourth-order valence-electron chi connectivity index (χ4n) is 1.50. The molecule has 70 valence electrons. The molecule has 0 aromatic carbocycles. The molecule has 0 aliphatic heterocycles. The minimum Gasteiger partial charge on any atom is -0.375 e. The number of halogens is 1. The maximum Gasteiger partial charge on any atom is 0.113 e. The quantitative estimate of drug-likeness (QED) is 0.595. The molecule has 0 fully saturated rings. The maximum atomic E-state index is 11.8. The van der Waals surface area contributed by atoms with Gasteiger partial charge in [-0.2, -0.15) is 0 Å². The Morgan fingerprint density at radius 1 is 1.25 bits per heavy atom. The van der Waals surface area contributed by atoms with E-state index in [4.69, 9.17) is 4.74 Å². The van der Waals surface area contributed by atoms with Crippen molar-refractivity contribution in [3.63, 3.8) is 0 Å². The SMILES string of the molecule is FCCO[C@@H]1CC/C=C/CCC1. The van der Waals surface area contributed by atoms with Gasteiger partial charge in [0.15, 0.2) is 0 Å². The van der Waals surface area contributed by atoms with Crippen LogP contribution in [0.25, 0.3) is 0 Å². The van der Waals surface area contributed by atoms with E-state index < -0.39 is 0 Å². The second-order valence-corrected chi connectivity index (χ2v) is 3.16. The molecule has 0 heterocycles. The lowest BCUT2D eigenvalue weighted by Gasteiger charge is -2.17. The van der Waals surface area contributed by atoms with E-state index >= 15 is 0 Å². The Morgan fingerprint density at radius 3 is 2.92 bits per heavy atom. The molecule has 0 radical (unpaired) electrons. The van der Waals surface area contributed by atoms with E-state index in [1.807, 2.05) is 0 Å². The lowest BCUT2D eigenvalue weighted by atomic mass is 10.0. The van der Waals surface area contributed by atoms with Crippen LogP contribution < -0.4 is 0 Å². The predicted molar refractivity (Wildman–Crippen MR) is 47.9 cm³/mol. The molecule has 0 saturated heterocycles. The molecule has 0 amide bonds. The van der Waals surface area contributed by atoms with Gasteiger partial charge in [0.25, 0.3) is 0 Å². The molecule has 0 unspecified atom stereocenters. The molecule has 12 heavy (non-hydrogen) atoms. The van der Waals surface area contributed by atoms with Crippen molar-refractivity contribution in [2.45, 2.75) is 38.2 Å². The molecule has 1 nitrogen and oxygen atoms in total. The molecule has 1 aliphatic carbocycles. The molecule has 0 N–H and O–H groups in total. The second-order valence-electron chi connectivity index (χ2n) is 3.16. The highest BCUT2D eigenvalue weighted by Crippen LogP contribution is 2.15. The van der Waals surface area contributed by atoms with Crippen LogP contribution in [0.1, 0.15) is 32.1 Å². The highest BCUT2D eigenvalue weighted by Gasteiger charge is 2.08. The first-order valence-electron chi connectivity index (χ1n) is 4.76. The highest BCUT2D eigenvalue weighted by molar-refractivity contribution is 4.85. The lowest BCUT2D eigenvalue weighted by molar-refractivity contribution is 0.0326. The van der Waals surface area contributed by atoms with Crippen LogP contribution in [-0.4, -0.2) is 19.4 Å². The Kier molecular flexibility index (Phi) is 5.00. The van der Waals surface area contributed by atoms with Gasteiger partial charge in [0.05, 0.1) is 12.7 Å². The lowest BCUT2D eigenvalue weighted by Crippen LogP contribution is -2.15.